The average molecular weight is 144 g/mol. The molecule has 0 spiro atoms. The van der Waals surface area contributed by atoms with Gasteiger partial charge in [0.1, 0.15) is 0 Å². The van der Waals surface area contributed by atoms with Crippen LogP contribution in [0.4, 0.5) is 0 Å². The van der Waals surface area contributed by atoms with Crippen molar-refractivity contribution in [3.8, 4) is 0 Å². The summed E-state index contributed by atoms with van der Waals surface area (Å²) in [5.41, 5.74) is 0. The third kappa shape index (κ3) is 5.79. The van der Waals surface area contributed by atoms with Crippen LogP contribution in [0.2, 0.25) is 0 Å². The highest BCUT2D eigenvalue weighted by molar-refractivity contribution is 4.65. The fourth-order valence-corrected chi connectivity index (χ4v) is 0.694. The quantitative estimate of drug-likeness (QED) is 0.570. The maximum Gasteiger partial charge on any atom is 0.0648 e. The van der Waals surface area contributed by atoms with Crippen molar-refractivity contribution in [2.45, 2.75) is 25.9 Å². The van der Waals surface area contributed by atoms with E-state index in [1.807, 2.05) is 6.92 Å². The maximum atomic E-state index is 8.46. The number of hydrogen-bond acceptors (Lipinski definition) is 2. The molecular weight excluding hydrogens is 128 g/mol. The lowest BCUT2D eigenvalue weighted by Crippen LogP contribution is -2.08. The van der Waals surface area contributed by atoms with Gasteiger partial charge in [-0.15, -0.1) is 6.58 Å². The maximum absolute atomic E-state index is 8.46. The zero-order chi connectivity index (χ0) is 7.82. The van der Waals surface area contributed by atoms with Crippen molar-refractivity contribution in [2.24, 2.45) is 0 Å². The first-order valence-corrected chi connectivity index (χ1v) is 3.64. The van der Waals surface area contributed by atoms with E-state index in [4.69, 9.17) is 9.84 Å². The molecule has 2 nitrogen and oxygen atoms in total. The molecule has 0 amide bonds. The zero-order valence-electron chi connectivity index (χ0n) is 6.55. The Balaban J connectivity index is 3.07. The second kappa shape index (κ2) is 6.78. The van der Waals surface area contributed by atoms with Crippen LogP contribution in [0, 0.1) is 0 Å². The van der Waals surface area contributed by atoms with Gasteiger partial charge >= 0.3 is 0 Å². The van der Waals surface area contributed by atoms with Crippen molar-refractivity contribution >= 4 is 0 Å². The minimum Gasteiger partial charge on any atom is -0.396 e. The summed E-state index contributed by atoms with van der Waals surface area (Å²) >= 11 is 0. The third-order valence-corrected chi connectivity index (χ3v) is 1.27. The van der Waals surface area contributed by atoms with Crippen molar-refractivity contribution in [3.05, 3.63) is 12.7 Å². The lowest BCUT2D eigenvalue weighted by atomic mass is 10.2. The van der Waals surface area contributed by atoms with Crippen molar-refractivity contribution < 1.29 is 9.84 Å². The Kier molecular flexibility index (Phi) is 6.55. The van der Waals surface area contributed by atoms with Gasteiger partial charge in [0.25, 0.3) is 0 Å². The van der Waals surface area contributed by atoms with Gasteiger partial charge in [0, 0.05) is 6.61 Å². The zero-order valence-corrected chi connectivity index (χ0v) is 6.55. The Bertz CT molecular complexity index is 81.3. The minimum atomic E-state index is 0.241. The number of rotatable bonds is 6. The third-order valence-electron chi connectivity index (χ3n) is 1.27. The number of aliphatic hydroxyl groups excluding tert-OH is 1. The second-order valence-electron chi connectivity index (χ2n) is 2.30. The average Bonchev–Trinajstić information content (AvgIpc) is 1.97. The second-order valence-corrected chi connectivity index (χ2v) is 2.30. The van der Waals surface area contributed by atoms with E-state index in [2.05, 4.69) is 6.58 Å². The molecule has 0 saturated heterocycles. The fraction of sp³-hybridized carbons (Fsp3) is 0.750. The fourth-order valence-electron chi connectivity index (χ4n) is 0.694. The van der Waals surface area contributed by atoms with Crippen molar-refractivity contribution in [3.63, 3.8) is 0 Å². The summed E-state index contributed by atoms with van der Waals surface area (Å²) in [6.07, 6.45) is 3.71. The molecule has 0 aliphatic carbocycles. The molecule has 0 rings (SSSR count). The van der Waals surface area contributed by atoms with Crippen LogP contribution in [0.1, 0.15) is 19.8 Å². The lowest BCUT2D eigenvalue weighted by molar-refractivity contribution is 0.0759. The van der Waals surface area contributed by atoms with Gasteiger partial charge in [-0.1, -0.05) is 6.08 Å². The van der Waals surface area contributed by atoms with E-state index >= 15 is 0 Å². The summed E-state index contributed by atoms with van der Waals surface area (Å²) in [5, 5.41) is 8.46. The molecule has 2 heteroatoms. The van der Waals surface area contributed by atoms with Gasteiger partial charge < -0.3 is 9.84 Å². The number of hydrogen-bond donors (Lipinski definition) is 1. The molecule has 0 radical (unpaired) electrons. The van der Waals surface area contributed by atoms with Crippen LogP contribution in [-0.4, -0.2) is 24.4 Å². The Hall–Kier alpha value is -0.340. The molecule has 1 N–H and O–H groups in total. The summed E-state index contributed by atoms with van der Waals surface area (Å²) in [6.45, 7) is 6.39. The Morgan fingerprint density at radius 1 is 1.70 bits per heavy atom. The molecule has 0 aromatic heterocycles. The summed E-state index contributed by atoms with van der Waals surface area (Å²) < 4.78 is 5.26. The Morgan fingerprint density at radius 3 is 2.90 bits per heavy atom. The molecule has 1 atom stereocenters. The molecule has 0 aliphatic heterocycles. The van der Waals surface area contributed by atoms with Crippen LogP contribution in [-0.2, 0) is 4.74 Å². The largest absolute Gasteiger partial charge is 0.396 e. The predicted octanol–water partition coefficient (Wildman–Crippen LogP) is 1.35. The Morgan fingerprint density at radius 2 is 2.40 bits per heavy atom. The monoisotopic (exact) mass is 144 g/mol. The van der Waals surface area contributed by atoms with Crippen molar-refractivity contribution in [1.82, 2.24) is 0 Å². The van der Waals surface area contributed by atoms with E-state index in [0.29, 0.717) is 6.61 Å². The van der Waals surface area contributed by atoms with Gasteiger partial charge in [-0.3, -0.25) is 0 Å². The van der Waals surface area contributed by atoms with Gasteiger partial charge in [0.05, 0.1) is 12.7 Å². The smallest absolute Gasteiger partial charge is 0.0648 e. The molecule has 0 saturated carbocycles. The van der Waals surface area contributed by atoms with Gasteiger partial charge in [-0.2, -0.15) is 0 Å². The first-order valence-electron chi connectivity index (χ1n) is 3.64. The molecular formula is C8H16O2. The van der Waals surface area contributed by atoms with Crippen LogP contribution < -0.4 is 0 Å². The summed E-state index contributed by atoms with van der Waals surface area (Å²) in [4.78, 5) is 0. The van der Waals surface area contributed by atoms with E-state index in [1.165, 1.54) is 0 Å². The van der Waals surface area contributed by atoms with Crippen LogP contribution in [0.25, 0.3) is 0 Å². The van der Waals surface area contributed by atoms with Crippen LogP contribution >= 0.6 is 0 Å². The van der Waals surface area contributed by atoms with Gasteiger partial charge in [-0.05, 0) is 19.8 Å². The first-order chi connectivity index (χ1) is 4.81. The molecule has 0 heterocycles. The minimum absolute atomic E-state index is 0.241. The predicted molar refractivity (Wildman–Crippen MR) is 41.9 cm³/mol. The molecule has 0 aromatic rings. The normalized spacial score (nSPS) is 13.0. The lowest BCUT2D eigenvalue weighted by Gasteiger charge is -2.09. The Labute approximate surface area is 62.5 Å². The number of ether oxygens (including phenoxy) is 1. The molecule has 1 unspecified atom stereocenters. The molecule has 0 fully saturated rings. The van der Waals surface area contributed by atoms with Crippen molar-refractivity contribution in [2.75, 3.05) is 13.2 Å². The van der Waals surface area contributed by atoms with Gasteiger partial charge in [0.15, 0.2) is 0 Å². The SMILES string of the molecule is C=CCOC(C)CCCO. The summed E-state index contributed by atoms with van der Waals surface area (Å²) in [7, 11) is 0. The first kappa shape index (κ1) is 9.66. The van der Waals surface area contributed by atoms with Gasteiger partial charge in [-0.25, -0.2) is 0 Å². The summed E-state index contributed by atoms with van der Waals surface area (Å²) in [5.74, 6) is 0. The van der Waals surface area contributed by atoms with E-state index in [9.17, 15) is 0 Å². The summed E-state index contributed by atoms with van der Waals surface area (Å²) in [6, 6.07) is 0. The highest BCUT2D eigenvalue weighted by atomic mass is 16.5. The molecule has 0 aliphatic rings. The topological polar surface area (TPSA) is 29.5 Å². The van der Waals surface area contributed by atoms with E-state index in [-0.39, 0.29) is 12.7 Å². The molecule has 0 aromatic carbocycles. The van der Waals surface area contributed by atoms with E-state index in [1.54, 1.807) is 6.08 Å². The molecule has 10 heavy (non-hydrogen) atoms. The number of aliphatic hydroxyl groups is 1. The van der Waals surface area contributed by atoms with E-state index < -0.39 is 0 Å². The van der Waals surface area contributed by atoms with E-state index in [0.717, 1.165) is 12.8 Å². The highest BCUT2D eigenvalue weighted by Crippen LogP contribution is 1.99. The van der Waals surface area contributed by atoms with Crippen LogP contribution in [0.15, 0.2) is 12.7 Å². The van der Waals surface area contributed by atoms with Crippen molar-refractivity contribution in [1.29, 1.82) is 0 Å². The highest BCUT2D eigenvalue weighted by Gasteiger charge is 1.98. The van der Waals surface area contributed by atoms with Crippen LogP contribution in [0.5, 0.6) is 0 Å². The molecule has 0 bridgehead atoms. The standard InChI is InChI=1S/C8H16O2/c1-3-7-10-8(2)5-4-6-9/h3,8-9H,1,4-7H2,2H3. The molecule has 60 valence electrons. The van der Waals surface area contributed by atoms with Gasteiger partial charge in [0.2, 0.25) is 0 Å². The van der Waals surface area contributed by atoms with Crippen LogP contribution in [0.3, 0.4) is 0 Å².